The summed E-state index contributed by atoms with van der Waals surface area (Å²) in [6.45, 7) is 3.65. The lowest BCUT2D eigenvalue weighted by atomic mass is 10.3. The van der Waals surface area contributed by atoms with Gasteiger partial charge in [-0.1, -0.05) is 19.9 Å². The van der Waals surface area contributed by atoms with Gasteiger partial charge in [0.15, 0.2) is 0 Å². The topological polar surface area (TPSA) is 60.2 Å². The molecule has 0 amide bonds. The smallest absolute Gasteiger partial charge is 0.225 e. The molecule has 2 N–H and O–H groups in total. The Kier molecular flexibility index (Phi) is 3.60. The molecule has 0 rings (SSSR count). The highest BCUT2D eigenvalue weighted by Gasteiger charge is 2.06. The lowest BCUT2D eigenvalue weighted by Gasteiger charge is -1.98. The molecule has 0 saturated heterocycles. The largest absolute Gasteiger partial charge is 0.233 e. The summed E-state index contributed by atoms with van der Waals surface area (Å²) in [4.78, 5) is 0.329. The van der Waals surface area contributed by atoms with Gasteiger partial charge >= 0.3 is 0 Å². The molecule has 0 aliphatic heterocycles. The highest BCUT2D eigenvalue weighted by Crippen LogP contribution is 2.06. The Morgan fingerprint density at radius 3 is 2.10 bits per heavy atom. The SMILES string of the molecule is CC/C=C(\CC)S(N)(=O)=O. The molecule has 0 bridgehead atoms. The molecule has 0 fully saturated rings. The van der Waals surface area contributed by atoms with E-state index in [2.05, 4.69) is 0 Å². The molecule has 0 aliphatic rings. The van der Waals surface area contributed by atoms with E-state index in [4.69, 9.17) is 5.14 Å². The molecule has 10 heavy (non-hydrogen) atoms. The summed E-state index contributed by atoms with van der Waals surface area (Å²) in [5.41, 5.74) is 0. The number of primary sulfonamides is 1. The molecule has 0 atom stereocenters. The van der Waals surface area contributed by atoms with Crippen molar-refractivity contribution in [3.63, 3.8) is 0 Å². The van der Waals surface area contributed by atoms with Crippen LogP contribution < -0.4 is 5.14 Å². The maximum Gasteiger partial charge on any atom is 0.233 e. The van der Waals surface area contributed by atoms with Gasteiger partial charge in [-0.2, -0.15) is 0 Å². The summed E-state index contributed by atoms with van der Waals surface area (Å²) >= 11 is 0. The zero-order chi connectivity index (χ0) is 8.20. The second kappa shape index (κ2) is 3.73. The van der Waals surface area contributed by atoms with Gasteiger partial charge in [-0.25, -0.2) is 13.6 Å². The lowest BCUT2D eigenvalue weighted by molar-refractivity contribution is 0.602. The average Bonchev–Trinajstić information content (AvgIpc) is 1.80. The minimum Gasteiger partial charge on any atom is -0.225 e. The standard InChI is InChI=1S/C6H13NO2S/c1-3-5-6(4-2)10(7,8)9/h5H,3-4H2,1-2H3,(H2,7,8,9)/b6-5+. The Morgan fingerprint density at radius 1 is 1.50 bits per heavy atom. The molecule has 0 saturated carbocycles. The third-order valence-electron chi connectivity index (χ3n) is 1.15. The van der Waals surface area contributed by atoms with Gasteiger partial charge in [0.25, 0.3) is 0 Å². The summed E-state index contributed by atoms with van der Waals surface area (Å²) in [6.07, 6.45) is 2.82. The Hall–Kier alpha value is -0.350. The number of hydrogen-bond acceptors (Lipinski definition) is 2. The van der Waals surface area contributed by atoms with Crippen LogP contribution in [0.3, 0.4) is 0 Å². The second-order valence-corrected chi connectivity index (χ2v) is 3.59. The van der Waals surface area contributed by atoms with Gasteiger partial charge in [-0.05, 0) is 12.8 Å². The fourth-order valence-electron chi connectivity index (χ4n) is 0.689. The molecule has 4 heteroatoms. The quantitative estimate of drug-likeness (QED) is 0.674. The van der Waals surface area contributed by atoms with Crippen LogP contribution >= 0.6 is 0 Å². The first kappa shape index (κ1) is 9.65. The predicted molar refractivity (Wildman–Crippen MR) is 41.8 cm³/mol. The number of rotatable bonds is 3. The van der Waals surface area contributed by atoms with Gasteiger partial charge in [0.1, 0.15) is 0 Å². The van der Waals surface area contributed by atoms with Gasteiger partial charge < -0.3 is 0 Å². The number of sulfonamides is 1. The molecule has 60 valence electrons. The molecule has 0 unspecified atom stereocenters. The molecule has 0 aliphatic carbocycles. The van der Waals surface area contributed by atoms with Crippen molar-refractivity contribution in [3.8, 4) is 0 Å². The van der Waals surface area contributed by atoms with Crippen molar-refractivity contribution < 1.29 is 8.42 Å². The second-order valence-electron chi connectivity index (χ2n) is 1.98. The monoisotopic (exact) mass is 163 g/mol. The van der Waals surface area contributed by atoms with E-state index in [1.165, 1.54) is 0 Å². The molecular weight excluding hydrogens is 150 g/mol. The van der Waals surface area contributed by atoms with Gasteiger partial charge in [-0.15, -0.1) is 0 Å². The molecule has 0 radical (unpaired) electrons. The normalized spacial score (nSPS) is 13.7. The van der Waals surface area contributed by atoms with E-state index in [-0.39, 0.29) is 0 Å². The van der Waals surface area contributed by atoms with E-state index < -0.39 is 10.0 Å². The summed E-state index contributed by atoms with van der Waals surface area (Å²) in [7, 11) is -3.42. The zero-order valence-corrected chi connectivity index (χ0v) is 7.11. The van der Waals surface area contributed by atoms with Crippen LogP contribution in [0.25, 0.3) is 0 Å². The highest BCUT2D eigenvalue weighted by atomic mass is 32.2. The molecule has 0 heterocycles. The van der Waals surface area contributed by atoms with Gasteiger partial charge in [0, 0.05) is 0 Å². The third kappa shape index (κ3) is 2.98. The summed E-state index contributed by atoms with van der Waals surface area (Å²) in [5, 5.41) is 4.88. The summed E-state index contributed by atoms with van der Waals surface area (Å²) in [5.74, 6) is 0. The maximum atomic E-state index is 10.7. The van der Waals surface area contributed by atoms with Crippen molar-refractivity contribution in [2.75, 3.05) is 0 Å². The minimum atomic E-state index is -3.42. The molecule has 0 aromatic rings. The highest BCUT2D eigenvalue weighted by molar-refractivity contribution is 7.93. The van der Waals surface area contributed by atoms with Crippen LogP contribution in [0.1, 0.15) is 26.7 Å². The molecular formula is C6H13NO2S. The summed E-state index contributed by atoms with van der Waals surface area (Å²) < 4.78 is 21.3. The van der Waals surface area contributed by atoms with E-state index >= 15 is 0 Å². The van der Waals surface area contributed by atoms with Gasteiger partial charge in [-0.3, -0.25) is 0 Å². The number of allylic oxidation sites excluding steroid dienone is 2. The van der Waals surface area contributed by atoms with Crippen LogP contribution in [-0.2, 0) is 10.0 Å². The minimum absolute atomic E-state index is 0.329. The maximum absolute atomic E-state index is 10.7. The Morgan fingerprint density at radius 2 is 2.00 bits per heavy atom. The first-order chi connectivity index (χ1) is 4.52. The van der Waals surface area contributed by atoms with E-state index in [0.717, 1.165) is 0 Å². The number of nitrogens with two attached hydrogens (primary N) is 1. The van der Waals surface area contributed by atoms with E-state index in [1.807, 2.05) is 6.92 Å². The number of hydrogen-bond donors (Lipinski definition) is 1. The van der Waals surface area contributed by atoms with Crippen molar-refractivity contribution in [2.24, 2.45) is 5.14 Å². The van der Waals surface area contributed by atoms with E-state index in [9.17, 15) is 8.42 Å². The Balaban J connectivity index is 4.54. The van der Waals surface area contributed by atoms with E-state index in [1.54, 1.807) is 13.0 Å². The lowest BCUT2D eigenvalue weighted by Crippen LogP contribution is -2.13. The van der Waals surface area contributed by atoms with Crippen LogP contribution in [0, 0.1) is 0 Å². The van der Waals surface area contributed by atoms with E-state index in [0.29, 0.717) is 17.7 Å². The average molecular weight is 163 g/mol. The first-order valence-electron chi connectivity index (χ1n) is 3.24. The molecule has 0 aromatic carbocycles. The summed E-state index contributed by atoms with van der Waals surface area (Å²) in [6, 6.07) is 0. The Labute approximate surface area is 62.0 Å². The predicted octanol–water partition coefficient (Wildman–Crippen LogP) is 0.979. The van der Waals surface area contributed by atoms with Crippen LogP contribution in [0.15, 0.2) is 11.0 Å². The van der Waals surface area contributed by atoms with Crippen LogP contribution in [0.2, 0.25) is 0 Å². The van der Waals surface area contributed by atoms with Crippen LogP contribution in [0.4, 0.5) is 0 Å². The van der Waals surface area contributed by atoms with Crippen LogP contribution in [0.5, 0.6) is 0 Å². The van der Waals surface area contributed by atoms with Crippen LogP contribution in [-0.4, -0.2) is 8.42 Å². The first-order valence-corrected chi connectivity index (χ1v) is 4.78. The van der Waals surface area contributed by atoms with Crippen molar-refractivity contribution in [2.45, 2.75) is 26.7 Å². The molecule has 0 aromatic heterocycles. The fourth-order valence-corrected chi connectivity index (χ4v) is 1.49. The van der Waals surface area contributed by atoms with Crippen molar-refractivity contribution in [3.05, 3.63) is 11.0 Å². The van der Waals surface area contributed by atoms with Crippen molar-refractivity contribution >= 4 is 10.0 Å². The van der Waals surface area contributed by atoms with Crippen molar-refractivity contribution in [1.29, 1.82) is 0 Å². The zero-order valence-electron chi connectivity index (χ0n) is 6.29. The fraction of sp³-hybridized carbons (Fsp3) is 0.667. The molecule has 0 spiro atoms. The van der Waals surface area contributed by atoms with Gasteiger partial charge in [0.2, 0.25) is 10.0 Å². The van der Waals surface area contributed by atoms with Gasteiger partial charge in [0.05, 0.1) is 4.91 Å². The molecule has 3 nitrogen and oxygen atoms in total. The van der Waals surface area contributed by atoms with Crippen molar-refractivity contribution in [1.82, 2.24) is 0 Å². The Bertz CT molecular complexity index is 216. The third-order valence-corrected chi connectivity index (χ3v) is 2.33.